The molecule has 4 saturated heterocycles. The van der Waals surface area contributed by atoms with E-state index in [1.54, 1.807) is 12.1 Å². The van der Waals surface area contributed by atoms with Crippen molar-refractivity contribution < 1.29 is 87.8 Å². The van der Waals surface area contributed by atoms with Crippen molar-refractivity contribution in [1.82, 2.24) is 0 Å². The normalized spacial score (nSPS) is 24.4. The van der Waals surface area contributed by atoms with Gasteiger partial charge in [0.05, 0.1) is 87.5 Å². The van der Waals surface area contributed by atoms with E-state index in [0.29, 0.717) is 57.8 Å². The van der Waals surface area contributed by atoms with Crippen molar-refractivity contribution >= 4 is 45.9 Å². The van der Waals surface area contributed by atoms with Crippen LogP contribution in [-0.4, -0.2) is 188 Å². The van der Waals surface area contributed by atoms with E-state index in [0.717, 1.165) is 49.9 Å². The molecule has 22 heteroatoms. The third-order valence-corrected chi connectivity index (χ3v) is 16.2. The molecule has 3 unspecified atom stereocenters. The summed E-state index contributed by atoms with van der Waals surface area (Å²) in [6.45, 7) is 3.75. The number of nitrogens with zero attached hydrogens (tertiary/aromatic N) is 4. The standard InChI is InChI=1S/C51H58F2N8O12/c52-43-44(53)46(42-41(45(43)56-15-24-59(71)19-3-4-20-59)49(68)39-33(64)9-10-34(65)40(39)50(42)69)57-16-26-61(73)22-12-51(28-61)11-21-60(72,27-51)25-14-55-30-6-5-29(54-13-23-58(70)17-1-2-18-58)35-36(30)48(67)38-32(63)8-7-31(62)37(38)47(35)66/h5-10,70-73H,1-4,11-28H2,(H4-4,54,55,56,57,62,63,64,65,66,67,68,69)/p+4. The maximum atomic E-state index is 16.3. The van der Waals surface area contributed by atoms with E-state index in [2.05, 4.69) is 21.3 Å². The zero-order valence-corrected chi connectivity index (χ0v) is 40.3. The van der Waals surface area contributed by atoms with Gasteiger partial charge in [-0.05, 0) is 36.4 Å². The Bertz CT molecular complexity index is 2980. The van der Waals surface area contributed by atoms with Gasteiger partial charge in [-0.15, -0.1) is 0 Å². The number of rotatable bonds is 16. The third kappa shape index (κ3) is 8.88. The largest absolute Gasteiger partial charge is 0.507 e. The number of quaternary nitrogens is 4. The van der Waals surface area contributed by atoms with E-state index in [-0.39, 0.29) is 103 Å². The Balaban J connectivity index is 0.820. The van der Waals surface area contributed by atoms with Crippen LogP contribution < -0.4 is 21.3 Å². The molecule has 4 aromatic carbocycles. The average Bonchev–Trinajstić information content (AvgIpc) is 4.14. The number of ketones is 4. The molecular weight excluding hydrogens is 955 g/mol. The van der Waals surface area contributed by atoms with Crippen molar-refractivity contribution in [1.29, 1.82) is 0 Å². The number of hydrogen-bond donors (Lipinski definition) is 12. The number of likely N-dealkylation sites (tertiary alicyclic amines) is 4. The van der Waals surface area contributed by atoms with E-state index >= 15 is 8.78 Å². The number of benzene rings is 4. The molecule has 0 saturated carbocycles. The minimum absolute atomic E-state index is 0.00262. The number of hydroxylamine groups is 12. The van der Waals surface area contributed by atoms with Crippen molar-refractivity contribution in [2.45, 2.75) is 38.5 Å². The zero-order valence-electron chi connectivity index (χ0n) is 40.3. The molecule has 6 aliphatic rings. The summed E-state index contributed by atoms with van der Waals surface area (Å²) in [7, 11) is 0. The SMILES string of the molecule is O=C1c2c(O)ccc(O)c2C(=O)c2c(NCC[N+]3(O)CCC4(CC[N+](O)(CCNc5c(F)c(F)c(NCC[N+]6(O)CCCC6)c6c5C(=O)c5c(O)ccc(O)c5C6=O)C4)C3)ccc(NCC[N+]3(O)CCCC3)c21. The third-order valence-electron chi connectivity index (χ3n) is 16.2. The van der Waals surface area contributed by atoms with Crippen LogP contribution in [0.25, 0.3) is 0 Å². The van der Waals surface area contributed by atoms with Crippen LogP contribution >= 0.6 is 0 Å². The van der Waals surface area contributed by atoms with Gasteiger partial charge < -0.3 is 41.7 Å². The van der Waals surface area contributed by atoms with E-state index in [1.165, 1.54) is 0 Å². The van der Waals surface area contributed by atoms with Crippen molar-refractivity contribution in [3.8, 4) is 23.0 Å². The molecule has 4 heterocycles. The van der Waals surface area contributed by atoms with Crippen molar-refractivity contribution in [3.05, 3.63) is 92.5 Å². The van der Waals surface area contributed by atoms with Crippen LogP contribution in [-0.2, 0) is 0 Å². The maximum absolute atomic E-state index is 16.3. The van der Waals surface area contributed by atoms with Crippen LogP contribution in [0.15, 0.2) is 36.4 Å². The summed E-state index contributed by atoms with van der Waals surface area (Å²) in [5.74, 6) is -8.61. The van der Waals surface area contributed by atoms with Crippen LogP contribution in [0.5, 0.6) is 23.0 Å². The topological polar surface area (TPSA) is 278 Å². The molecule has 0 amide bonds. The predicted octanol–water partition coefficient (Wildman–Crippen LogP) is 4.89. The van der Waals surface area contributed by atoms with Gasteiger partial charge in [0.25, 0.3) is 0 Å². The number of phenolic OH excluding ortho intramolecular Hbond substituents is 4. The monoisotopic (exact) mass is 1020 g/mol. The second-order valence-electron chi connectivity index (χ2n) is 21.1. The fourth-order valence-corrected chi connectivity index (χ4v) is 12.5. The lowest BCUT2D eigenvalue weighted by molar-refractivity contribution is -1.10. The predicted molar refractivity (Wildman–Crippen MR) is 257 cm³/mol. The number of nitrogens with one attached hydrogen (secondary N) is 4. The summed E-state index contributed by atoms with van der Waals surface area (Å²) in [5, 5.41) is 100. The van der Waals surface area contributed by atoms with Crippen LogP contribution in [0, 0.1) is 17.0 Å². The molecule has 0 bridgehead atoms. The van der Waals surface area contributed by atoms with Crippen molar-refractivity contribution in [3.63, 3.8) is 0 Å². The zero-order chi connectivity index (χ0) is 51.8. The van der Waals surface area contributed by atoms with Gasteiger partial charge in [0.1, 0.15) is 102 Å². The summed E-state index contributed by atoms with van der Waals surface area (Å²) in [5.41, 5.74) is -4.16. The molecule has 0 radical (unpaired) electrons. The van der Waals surface area contributed by atoms with Crippen LogP contribution in [0.3, 0.4) is 0 Å². The number of fused-ring (bicyclic) bond motifs is 4. The number of anilines is 4. The Labute approximate surface area is 418 Å². The lowest BCUT2D eigenvalue weighted by Gasteiger charge is -2.30. The molecule has 4 aliphatic heterocycles. The maximum Gasteiger partial charge on any atom is 0.200 e. The fourth-order valence-electron chi connectivity index (χ4n) is 12.5. The Morgan fingerprint density at radius 1 is 0.411 bits per heavy atom. The minimum Gasteiger partial charge on any atom is -0.507 e. The van der Waals surface area contributed by atoms with Gasteiger partial charge in [0.15, 0.2) is 11.6 Å². The average molecular weight is 1020 g/mol. The highest BCUT2D eigenvalue weighted by Gasteiger charge is 2.58. The molecule has 73 heavy (non-hydrogen) atoms. The molecule has 2 aliphatic carbocycles. The van der Waals surface area contributed by atoms with Gasteiger partial charge in [-0.1, -0.05) is 0 Å². The van der Waals surface area contributed by atoms with E-state index in [1.807, 2.05) is 0 Å². The number of carbonyl (C=O) groups excluding carboxylic acids is 4. The number of phenols is 4. The molecule has 20 nitrogen and oxygen atoms in total. The Morgan fingerprint density at radius 3 is 1.05 bits per heavy atom. The molecule has 3 atom stereocenters. The first-order valence-electron chi connectivity index (χ1n) is 25.0. The summed E-state index contributed by atoms with van der Waals surface area (Å²) in [4.78, 5) is 56.5. The molecule has 0 aromatic heterocycles. The van der Waals surface area contributed by atoms with Gasteiger partial charge in [0, 0.05) is 49.9 Å². The molecule has 12 N–H and O–H groups in total. The van der Waals surface area contributed by atoms with Gasteiger partial charge in [-0.3, -0.25) is 19.2 Å². The first kappa shape index (κ1) is 50.1. The summed E-state index contributed by atoms with van der Waals surface area (Å²) in [6.07, 6.45) is 4.35. The first-order valence-corrected chi connectivity index (χ1v) is 25.0. The Hall–Kier alpha value is -6.50. The van der Waals surface area contributed by atoms with E-state index in [4.69, 9.17) is 0 Å². The fraction of sp³-hybridized carbons (Fsp3) is 0.451. The number of halogens is 2. The second-order valence-corrected chi connectivity index (χ2v) is 21.1. The van der Waals surface area contributed by atoms with Gasteiger partial charge in [0.2, 0.25) is 23.1 Å². The van der Waals surface area contributed by atoms with Crippen LogP contribution in [0.2, 0.25) is 0 Å². The quantitative estimate of drug-likeness (QED) is 0.0454. The summed E-state index contributed by atoms with van der Waals surface area (Å²) < 4.78 is 31.2. The summed E-state index contributed by atoms with van der Waals surface area (Å²) >= 11 is 0. The van der Waals surface area contributed by atoms with E-state index in [9.17, 15) is 60.4 Å². The Kier molecular flexibility index (Phi) is 12.7. The lowest BCUT2D eigenvalue weighted by atomic mass is 9.81. The molecule has 4 aromatic rings. The Morgan fingerprint density at radius 2 is 0.712 bits per heavy atom. The smallest absolute Gasteiger partial charge is 0.200 e. The van der Waals surface area contributed by atoms with Gasteiger partial charge in [-0.25, -0.2) is 29.6 Å². The molecule has 1 spiro atoms. The number of aromatic hydroxyl groups is 4. The highest BCUT2D eigenvalue weighted by Crippen LogP contribution is 2.47. The molecule has 388 valence electrons. The minimum atomic E-state index is -1.49. The van der Waals surface area contributed by atoms with Crippen molar-refractivity contribution in [2.75, 3.05) is 126 Å². The van der Waals surface area contributed by atoms with Crippen molar-refractivity contribution in [2.24, 2.45) is 5.41 Å². The highest BCUT2D eigenvalue weighted by molar-refractivity contribution is 6.34. The van der Waals surface area contributed by atoms with Crippen LogP contribution in [0.4, 0.5) is 31.5 Å². The molecular formula is C51H62F2N8O12+4. The van der Waals surface area contributed by atoms with Gasteiger partial charge in [-0.2, -0.15) is 18.6 Å². The number of carbonyl (C=O) groups is 4. The van der Waals surface area contributed by atoms with Gasteiger partial charge >= 0.3 is 0 Å². The molecule has 4 fully saturated rings. The second kappa shape index (κ2) is 18.5. The molecule has 10 rings (SSSR count). The van der Waals surface area contributed by atoms with E-state index < -0.39 is 106 Å². The number of hydrogen-bond acceptors (Lipinski definition) is 16. The highest BCUT2D eigenvalue weighted by atomic mass is 19.2. The summed E-state index contributed by atoms with van der Waals surface area (Å²) in [6, 6.07) is 7.57. The van der Waals surface area contributed by atoms with Crippen LogP contribution in [0.1, 0.15) is 102 Å². The first-order chi connectivity index (χ1) is 34.7. The lowest BCUT2D eigenvalue weighted by Crippen LogP contribution is -2.50.